The summed E-state index contributed by atoms with van der Waals surface area (Å²) in [5.41, 5.74) is 0.853. The highest BCUT2D eigenvalue weighted by Crippen LogP contribution is 2.23. The molecule has 1 fully saturated rings. The number of oxazole rings is 1. The Morgan fingerprint density at radius 1 is 1.39 bits per heavy atom. The molecule has 0 unspecified atom stereocenters. The quantitative estimate of drug-likeness (QED) is 0.882. The van der Waals surface area contributed by atoms with E-state index in [-0.39, 0.29) is 16.5 Å². The monoisotopic (exact) mass is 268 g/mol. The number of hydrogen-bond donors (Lipinski definition) is 1. The van der Waals surface area contributed by atoms with E-state index in [9.17, 15) is 13.2 Å². The van der Waals surface area contributed by atoms with Crippen LogP contribution in [0, 0.1) is 0 Å². The Hall–Kier alpha value is -1.60. The third-order valence-corrected chi connectivity index (χ3v) is 4.49. The van der Waals surface area contributed by atoms with Crippen LogP contribution in [-0.4, -0.2) is 19.0 Å². The zero-order valence-corrected chi connectivity index (χ0v) is 10.5. The summed E-state index contributed by atoms with van der Waals surface area (Å²) in [5, 5.41) is 0. The average molecular weight is 268 g/mol. The van der Waals surface area contributed by atoms with Gasteiger partial charge in [-0.1, -0.05) is 0 Å². The molecule has 7 heteroatoms. The molecule has 0 spiro atoms. The summed E-state index contributed by atoms with van der Waals surface area (Å²) < 4.78 is 32.8. The molecule has 1 N–H and O–H groups in total. The number of aryl methyl sites for hydroxylation is 1. The summed E-state index contributed by atoms with van der Waals surface area (Å²) in [6, 6.07) is 4.47. The van der Waals surface area contributed by atoms with Crippen molar-refractivity contribution in [3.8, 4) is 0 Å². The molecule has 18 heavy (non-hydrogen) atoms. The number of hydrogen-bond acceptors (Lipinski definition) is 4. The largest absolute Gasteiger partial charge is 0.419 e. The van der Waals surface area contributed by atoms with E-state index in [4.69, 9.17) is 4.42 Å². The van der Waals surface area contributed by atoms with Crippen molar-refractivity contribution in [1.82, 2.24) is 9.29 Å². The first kappa shape index (κ1) is 11.5. The first-order chi connectivity index (χ1) is 8.47. The van der Waals surface area contributed by atoms with E-state index >= 15 is 0 Å². The highest BCUT2D eigenvalue weighted by Gasteiger charge is 2.28. The van der Waals surface area contributed by atoms with Gasteiger partial charge >= 0.3 is 5.76 Å². The van der Waals surface area contributed by atoms with Crippen molar-refractivity contribution in [2.24, 2.45) is 7.05 Å². The Morgan fingerprint density at radius 2 is 2.11 bits per heavy atom. The molecule has 0 bridgehead atoms. The fraction of sp³-hybridized carbons (Fsp3) is 0.364. The highest BCUT2D eigenvalue weighted by atomic mass is 32.2. The molecule has 0 saturated heterocycles. The summed E-state index contributed by atoms with van der Waals surface area (Å²) in [6.07, 6.45) is 1.75. The number of fused-ring (bicyclic) bond motifs is 1. The smallest absolute Gasteiger partial charge is 0.408 e. The lowest BCUT2D eigenvalue weighted by molar-refractivity contribution is 0.527. The van der Waals surface area contributed by atoms with Crippen LogP contribution in [-0.2, 0) is 17.1 Å². The Bertz CT molecular complexity index is 768. The van der Waals surface area contributed by atoms with Gasteiger partial charge in [0.2, 0.25) is 10.0 Å². The van der Waals surface area contributed by atoms with Gasteiger partial charge in [-0.3, -0.25) is 4.57 Å². The fourth-order valence-electron chi connectivity index (χ4n) is 1.77. The molecule has 96 valence electrons. The van der Waals surface area contributed by atoms with Crippen LogP contribution >= 0.6 is 0 Å². The maximum absolute atomic E-state index is 12.0. The van der Waals surface area contributed by atoms with Crippen molar-refractivity contribution in [3.05, 3.63) is 28.7 Å². The molecule has 1 aromatic heterocycles. The van der Waals surface area contributed by atoms with Crippen LogP contribution in [0.5, 0.6) is 0 Å². The van der Waals surface area contributed by atoms with E-state index in [1.54, 1.807) is 13.1 Å². The molecular formula is C11H12N2O4S. The van der Waals surface area contributed by atoms with Gasteiger partial charge in [-0.15, -0.1) is 0 Å². The van der Waals surface area contributed by atoms with E-state index in [0.29, 0.717) is 5.52 Å². The number of nitrogens with zero attached hydrogens (tertiary/aromatic N) is 1. The van der Waals surface area contributed by atoms with E-state index < -0.39 is 15.8 Å². The minimum atomic E-state index is -3.51. The fourth-order valence-corrected chi connectivity index (χ4v) is 3.09. The SMILES string of the molecule is Cn1c(=O)oc2cc(S(=O)(=O)NC3CC3)ccc21. The minimum absolute atomic E-state index is 0.0495. The molecule has 6 nitrogen and oxygen atoms in total. The Morgan fingerprint density at radius 3 is 2.78 bits per heavy atom. The van der Waals surface area contributed by atoms with Crippen LogP contribution in [0.3, 0.4) is 0 Å². The number of rotatable bonds is 3. The summed E-state index contributed by atoms with van der Waals surface area (Å²) >= 11 is 0. The van der Waals surface area contributed by atoms with Crippen LogP contribution in [0.25, 0.3) is 11.1 Å². The molecule has 1 aliphatic carbocycles. The molecule has 1 aromatic carbocycles. The molecule has 0 radical (unpaired) electrons. The highest BCUT2D eigenvalue weighted by molar-refractivity contribution is 7.89. The Labute approximate surface area is 103 Å². The predicted octanol–water partition coefficient (Wildman–Crippen LogP) is 0.572. The third-order valence-electron chi connectivity index (χ3n) is 2.97. The van der Waals surface area contributed by atoms with Gasteiger partial charge in [0, 0.05) is 19.2 Å². The van der Waals surface area contributed by atoms with Crippen molar-refractivity contribution in [2.45, 2.75) is 23.8 Å². The van der Waals surface area contributed by atoms with Crippen LogP contribution in [0.15, 0.2) is 32.3 Å². The molecule has 0 atom stereocenters. The van der Waals surface area contributed by atoms with Crippen molar-refractivity contribution in [3.63, 3.8) is 0 Å². The first-order valence-corrected chi connectivity index (χ1v) is 7.07. The molecule has 1 heterocycles. The topological polar surface area (TPSA) is 81.3 Å². The standard InChI is InChI=1S/C11H12N2O4S/c1-13-9-5-4-8(6-10(9)17-11(13)14)18(15,16)12-7-2-3-7/h4-7,12H,2-3H2,1H3. The molecule has 0 amide bonds. The summed E-state index contributed by atoms with van der Waals surface area (Å²) in [5.74, 6) is -0.505. The first-order valence-electron chi connectivity index (χ1n) is 5.59. The lowest BCUT2D eigenvalue weighted by atomic mass is 10.3. The van der Waals surface area contributed by atoms with E-state index in [0.717, 1.165) is 12.8 Å². The van der Waals surface area contributed by atoms with Crippen molar-refractivity contribution < 1.29 is 12.8 Å². The number of benzene rings is 1. The summed E-state index contributed by atoms with van der Waals surface area (Å²) in [6.45, 7) is 0. The molecule has 2 aromatic rings. The number of aromatic nitrogens is 1. The van der Waals surface area contributed by atoms with Gasteiger partial charge in [-0.05, 0) is 25.0 Å². The number of sulfonamides is 1. The summed E-state index contributed by atoms with van der Waals surface area (Å²) in [7, 11) is -1.94. The van der Waals surface area contributed by atoms with Crippen molar-refractivity contribution in [1.29, 1.82) is 0 Å². The average Bonchev–Trinajstić information content (AvgIpc) is 3.06. The van der Waals surface area contributed by atoms with E-state index in [1.807, 2.05) is 0 Å². The zero-order valence-electron chi connectivity index (χ0n) is 9.71. The molecular weight excluding hydrogens is 256 g/mol. The van der Waals surface area contributed by atoms with E-state index in [2.05, 4.69) is 4.72 Å². The second-order valence-electron chi connectivity index (χ2n) is 4.45. The predicted molar refractivity (Wildman–Crippen MR) is 64.8 cm³/mol. The molecule has 1 aliphatic rings. The van der Waals surface area contributed by atoms with Crippen molar-refractivity contribution >= 4 is 21.1 Å². The van der Waals surface area contributed by atoms with Gasteiger partial charge in [0.15, 0.2) is 5.58 Å². The van der Waals surface area contributed by atoms with Gasteiger partial charge in [0.05, 0.1) is 10.4 Å². The lowest BCUT2D eigenvalue weighted by Crippen LogP contribution is -2.25. The van der Waals surface area contributed by atoms with Crippen LogP contribution < -0.4 is 10.5 Å². The molecule has 0 aliphatic heterocycles. The van der Waals surface area contributed by atoms with Gasteiger partial charge in [-0.25, -0.2) is 17.9 Å². The normalized spacial score (nSPS) is 16.3. The lowest BCUT2D eigenvalue weighted by Gasteiger charge is -2.04. The van der Waals surface area contributed by atoms with Crippen LogP contribution in [0.4, 0.5) is 0 Å². The maximum atomic E-state index is 12.0. The Kier molecular flexibility index (Phi) is 2.36. The summed E-state index contributed by atoms with van der Waals surface area (Å²) in [4.78, 5) is 11.4. The van der Waals surface area contributed by atoms with Gasteiger partial charge < -0.3 is 4.42 Å². The van der Waals surface area contributed by atoms with Crippen LogP contribution in [0.2, 0.25) is 0 Å². The minimum Gasteiger partial charge on any atom is -0.408 e. The Balaban J connectivity index is 2.10. The van der Waals surface area contributed by atoms with Gasteiger partial charge in [-0.2, -0.15) is 0 Å². The van der Waals surface area contributed by atoms with E-state index in [1.165, 1.54) is 16.7 Å². The second-order valence-corrected chi connectivity index (χ2v) is 6.17. The molecule has 1 saturated carbocycles. The van der Waals surface area contributed by atoms with Gasteiger partial charge in [0.25, 0.3) is 0 Å². The maximum Gasteiger partial charge on any atom is 0.419 e. The third kappa shape index (κ3) is 1.85. The van der Waals surface area contributed by atoms with Crippen molar-refractivity contribution in [2.75, 3.05) is 0 Å². The number of nitrogens with one attached hydrogen (secondary N) is 1. The molecule has 3 rings (SSSR count). The zero-order chi connectivity index (χ0) is 12.9. The second kappa shape index (κ2) is 3.69. The van der Waals surface area contributed by atoms with Crippen LogP contribution in [0.1, 0.15) is 12.8 Å². The van der Waals surface area contributed by atoms with Gasteiger partial charge in [0.1, 0.15) is 0 Å².